The summed E-state index contributed by atoms with van der Waals surface area (Å²) in [5.41, 5.74) is 4.68. The molecule has 39 heavy (non-hydrogen) atoms. The molecule has 0 aliphatic heterocycles. The van der Waals surface area contributed by atoms with Crippen LogP contribution in [0, 0.1) is 13.8 Å². The molecule has 0 saturated heterocycles. The summed E-state index contributed by atoms with van der Waals surface area (Å²) < 4.78 is 25.8. The number of hydrogen-bond donors (Lipinski definition) is 1. The van der Waals surface area contributed by atoms with Gasteiger partial charge in [-0.15, -0.1) is 0 Å². The lowest BCUT2D eigenvalue weighted by Gasteiger charge is -2.19. The van der Waals surface area contributed by atoms with Gasteiger partial charge in [0, 0.05) is 24.7 Å². The van der Waals surface area contributed by atoms with Crippen LogP contribution in [-0.2, 0) is 16.4 Å². The van der Waals surface area contributed by atoms with Crippen molar-refractivity contribution in [2.75, 3.05) is 11.1 Å². The number of nitrogens with zero attached hydrogens (tertiary/aromatic N) is 7. The molecule has 4 heterocycles. The maximum Gasteiger partial charge on any atom is 0.295 e. The van der Waals surface area contributed by atoms with Crippen molar-refractivity contribution in [2.45, 2.75) is 77.4 Å². The topological polar surface area (TPSA) is 146 Å². The molecule has 1 N–H and O–H groups in total. The van der Waals surface area contributed by atoms with Gasteiger partial charge in [-0.3, -0.25) is 9.36 Å². The van der Waals surface area contributed by atoms with Crippen molar-refractivity contribution >= 4 is 26.8 Å². The van der Waals surface area contributed by atoms with Crippen molar-refractivity contribution in [3.63, 3.8) is 0 Å². The Hall–Kier alpha value is -3.80. The van der Waals surface area contributed by atoms with Crippen molar-refractivity contribution < 1.29 is 8.42 Å². The van der Waals surface area contributed by atoms with Gasteiger partial charge in [0.05, 0.1) is 28.4 Å². The number of rotatable bonds is 9. The van der Waals surface area contributed by atoms with Gasteiger partial charge in [-0.1, -0.05) is 19.9 Å². The van der Waals surface area contributed by atoms with E-state index in [0.29, 0.717) is 28.6 Å². The first-order valence-electron chi connectivity index (χ1n) is 13.2. The van der Waals surface area contributed by atoms with Crippen molar-refractivity contribution in [3.05, 3.63) is 57.7 Å². The van der Waals surface area contributed by atoms with Crippen LogP contribution >= 0.6 is 0 Å². The lowest BCUT2D eigenvalue weighted by Crippen LogP contribution is -2.29. The Bertz CT molecular complexity index is 1710. The second kappa shape index (κ2) is 10.4. The Kier molecular flexibility index (Phi) is 7.15. The fourth-order valence-electron chi connectivity index (χ4n) is 4.51. The van der Waals surface area contributed by atoms with Gasteiger partial charge >= 0.3 is 0 Å². The lowest BCUT2D eigenvalue weighted by atomic mass is 10.1. The molecule has 1 aliphatic rings. The van der Waals surface area contributed by atoms with Gasteiger partial charge in [0.25, 0.3) is 5.56 Å². The van der Waals surface area contributed by atoms with E-state index in [-0.39, 0.29) is 34.7 Å². The van der Waals surface area contributed by atoms with Gasteiger partial charge < -0.3 is 5.32 Å². The highest BCUT2D eigenvalue weighted by molar-refractivity contribution is 7.91. The molecule has 11 nitrogen and oxygen atoms in total. The first-order chi connectivity index (χ1) is 18.6. The Morgan fingerprint density at radius 2 is 1.82 bits per heavy atom. The molecular formula is C27H32N8O3S. The average molecular weight is 549 g/mol. The maximum atomic E-state index is 13.7. The van der Waals surface area contributed by atoms with Crippen LogP contribution in [0.2, 0.25) is 0 Å². The van der Waals surface area contributed by atoms with E-state index in [1.807, 2.05) is 27.7 Å². The predicted molar refractivity (Wildman–Crippen MR) is 148 cm³/mol. The zero-order valence-electron chi connectivity index (χ0n) is 22.8. The third kappa shape index (κ3) is 5.12. The van der Waals surface area contributed by atoms with E-state index < -0.39 is 9.84 Å². The number of sulfone groups is 1. The highest BCUT2D eigenvalue weighted by atomic mass is 32.2. The van der Waals surface area contributed by atoms with Gasteiger partial charge in [-0.25, -0.2) is 38.3 Å². The summed E-state index contributed by atoms with van der Waals surface area (Å²) in [4.78, 5) is 41.1. The lowest BCUT2D eigenvalue weighted by molar-refractivity contribution is 0.526. The van der Waals surface area contributed by atoms with Crippen LogP contribution in [0.4, 0.5) is 5.82 Å². The van der Waals surface area contributed by atoms with Crippen molar-refractivity contribution in [2.24, 2.45) is 0 Å². The number of fused-ring (bicyclic) bond motifs is 1. The zero-order valence-corrected chi connectivity index (χ0v) is 23.6. The van der Waals surface area contributed by atoms with E-state index in [9.17, 15) is 13.2 Å². The first-order valence-corrected chi connectivity index (χ1v) is 14.8. The minimum Gasteiger partial charge on any atom is -0.361 e. The Morgan fingerprint density at radius 1 is 1.05 bits per heavy atom. The Morgan fingerprint density at radius 3 is 2.46 bits per heavy atom. The summed E-state index contributed by atoms with van der Waals surface area (Å²) in [6, 6.07) is 3.02. The molecule has 204 valence electrons. The van der Waals surface area contributed by atoms with E-state index in [1.165, 1.54) is 12.3 Å². The number of anilines is 1. The quantitative estimate of drug-likeness (QED) is 0.327. The van der Waals surface area contributed by atoms with Crippen LogP contribution in [0.15, 0.2) is 34.5 Å². The molecule has 0 aromatic carbocycles. The van der Waals surface area contributed by atoms with Gasteiger partial charge in [-0.2, -0.15) is 0 Å². The maximum absolute atomic E-state index is 13.7. The summed E-state index contributed by atoms with van der Waals surface area (Å²) in [6.45, 7) is 9.61. The van der Waals surface area contributed by atoms with E-state index in [4.69, 9.17) is 9.97 Å². The molecule has 1 fully saturated rings. The van der Waals surface area contributed by atoms with Crippen LogP contribution < -0.4 is 10.9 Å². The molecule has 0 spiro atoms. The SMILES string of the molecule is CC[C@@H](C)n1c(=O)c(NCc2ccc(S(=O)(=O)CC)nc2)nc2c(C)nc(-c3c(C)ncnc3C3CC3)nc21. The second-order valence-electron chi connectivity index (χ2n) is 9.95. The predicted octanol–water partition coefficient (Wildman–Crippen LogP) is 3.91. The van der Waals surface area contributed by atoms with Crippen LogP contribution in [0.5, 0.6) is 0 Å². The average Bonchev–Trinajstić information content (AvgIpc) is 3.77. The van der Waals surface area contributed by atoms with Crippen LogP contribution in [0.25, 0.3) is 22.6 Å². The number of pyridine rings is 1. The number of aryl methyl sites for hydroxylation is 2. The Balaban J connectivity index is 1.57. The van der Waals surface area contributed by atoms with Gasteiger partial charge in [0.2, 0.25) is 0 Å². The third-order valence-electron chi connectivity index (χ3n) is 7.15. The summed E-state index contributed by atoms with van der Waals surface area (Å²) in [5, 5.41) is 3.15. The summed E-state index contributed by atoms with van der Waals surface area (Å²) in [5.74, 6) is 1.04. The molecule has 4 aromatic rings. The normalized spacial score (nSPS) is 14.5. The number of hydrogen-bond acceptors (Lipinski definition) is 10. The van der Waals surface area contributed by atoms with E-state index in [2.05, 4.69) is 25.3 Å². The minimum absolute atomic E-state index is 0.0182. The zero-order chi connectivity index (χ0) is 27.9. The van der Waals surface area contributed by atoms with E-state index in [1.54, 1.807) is 23.9 Å². The largest absolute Gasteiger partial charge is 0.361 e. The van der Waals surface area contributed by atoms with Gasteiger partial charge in [-0.05, 0) is 51.7 Å². The molecule has 12 heteroatoms. The molecule has 1 saturated carbocycles. The van der Waals surface area contributed by atoms with Crippen molar-refractivity contribution in [1.82, 2.24) is 34.5 Å². The number of nitrogens with one attached hydrogen (secondary N) is 1. The molecule has 1 atom stereocenters. The van der Waals surface area contributed by atoms with Crippen LogP contribution in [-0.4, -0.2) is 48.6 Å². The third-order valence-corrected chi connectivity index (χ3v) is 8.79. The number of aromatic nitrogens is 7. The molecule has 0 radical (unpaired) electrons. The fraction of sp³-hybridized carbons (Fsp3) is 0.444. The first kappa shape index (κ1) is 26.8. The molecule has 1 aliphatic carbocycles. The van der Waals surface area contributed by atoms with Crippen molar-refractivity contribution in [1.29, 1.82) is 0 Å². The summed E-state index contributed by atoms with van der Waals surface area (Å²) in [7, 11) is -3.39. The van der Waals surface area contributed by atoms with Crippen molar-refractivity contribution in [3.8, 4) is 11.4 Å². The van der Waals surface area contributed by atoms with E-state index >= 15 is 0 Å². The standard InChI is InChI=1S/C27H32N8O3S/c1-6-15(3)35-26-22(17(5)32-24(34-26)21-16(4)30-14-31-23(21)19-9-10-19)33-25(27(35)36)29-13-18-8-11-20(28-12-18)39(37,38)7-2/h8,11-12,14-15,19H,6-7,9-10,13H2,1-5H3,(H,29,33)/t15-/m1/s1. The molecule has 4 aromatic heterocycles. The minimum atomic E-state index is -3.39. The van der Waals surface area contributed by atoms with E-state index in [0.717, 1.165) is 41.8 Å². The molecule has 0 unspecified atom stereocenters. The van der Waals surface area contributed by atoms with Gasteiger partial charge in [0.15, 0.2) is 32.2 Å². The monoisotopic (exact) mass is 548 g/mol. The molecule has 0 amide bonds. The fourth-order valence-corrected chi connectivity index (χ4v) is 5.29. The molecular weight excluding hydrogens is 516 g/mol. The Labute approximate surface area is 227 Å². The highest BCUT2D eigenvalue weighted by Crippen LogP contribution is 2.43. The van der Waals surface area contributed by atoms with Crippen LogP contribution in [0.3, 0.4) is 0 Å². The highest BCUT2D eigenvalue weighted by Gasteiger charge is 2.30. The molecule has 5 rings (SSSR count). The second-order valence-corrected chi connectivity index (χ2v) is 12.2. The summed E-state index contributed by atoms with van der Waals surface area (Å²) in [6.07, 6.45) is 5.95. The summed E-state index contributed by atoms with van der Waals surface area (Å²) >= 11 is 0. The van der Waals surface area contributed by atoms with Gasteiger partial charge in [0.1, 0.15) is 11.8 Å². The molecule has 0 bridgehead atoms. The smallest absolute Gasteiger partial charge is 0.295 e. The van der Waals surface area contributed by atoms with Crippen LogP contribution in [0.1, 0.15) is 74.6 Å².